The predicted molar refractivity (Wildman–Crippen MR) is 52.1 cm³/mol. The molecule has 76 valence electrons. The lowest BCUT2D eigenvalue weighted by atomic mass is 10.2. The van der Waals surface area contributed by atoms with Gasteiger partial charge in [0, 0.05) is 18.6 Å². The standard InChI is InChI=1S/C10H9N3O2/c14-6-9-8(2-1-3-12-9)10(15)13-5-4-11-7-13/h1-5,7,14H,6H2. The number of hydrogen-bond donors (Lipinski definition) is 1. The summed E-state index contributed by atoms with van der Waals surface area (Å²) >= 11 is 0. The van der Waals surface area contributed by atoms with Crippen molar-refractivity contribution in [2.45, 2.75) is 6.61 Å². The van der Waals surface area contributed by atoms with Crippen LogP contribution in [0, 0.1) is 0 Å². The van der Waals surface area contributed by atoms with Gasteiger partial charge < -0.3 is 5.11 Å². The van der Waals surface area contributed by atoms with E-state index in [0.717, 1.165) is 0 Å². The number of imidazole rings is 1. The second-order valence-corrected chi connectivity index (χ2v) is 2.93. The molecule has 0 aliphatic carbocycles. The molecule has 2 aromatic rings. The Morgan fingerprint density at radius 3 is 3.00 bits per heavy atom. The van der Waals surface area contributed by atoms with Gasteiger partial charge in [-0.3, -0.25) is 14.3 Å². The summed E-state index contributed by atoms with van der Waals surface area (Å²) in [6.07, 6.45) is 6.02. The molecule has 0 saturated heterocycles. The number of aliphatic hydroxyl groups excluding tert-OH is 1. The molecule has 0 saturated carbocycles. The van der Waals surface area contributed by atoms with Gasteiger partial charge in [0.2, 0.25) is 0 Å². The number of aliphatic hydroxyl groups is 1. The summed E-state index contributed by atoms with van der Waals surface area (Å²) in [5, 5.41) is 9.03. The van der Waals surface area contributed by atoms with E-state index >= 15 is 0 Å². The smallest absolute Gasteiger partial charge is 0.265 e. The first kappa shape index (κ1) is 9.54. The Morgan fingerprint density at radius 1 is 1.47 bits per heavy atom. The molecule has 0 aliphatic heterocycles. The van der Waals surface area contributed by atoms with Gasteiger partial charge in [0.1, 0.15) is 6.33 Å². The van der Waals surface area contributed by atoms with Crippen molar-refractivity contribution in [3.05, 3.63) is 48.3 Å². The lowest BCUT2D eigenvalue weighted by Crippen LogP contribution is -2.13. The molecule has 0 aromatic carbocycles. The van der Waals surface area contributed by atoms with Gasteiger partial charge in [0.15, 0.2) is 0 Å². The number of hydrogen-bond acceptors (Lipinski definition) is 4. The number of rotatable bonds is 2. The molecular weight excluding hydrogens is 194 g/mol. The Hall–Kier alpha value is -2.01. The number of aromatic nitrogens is 3. The number of nitrogens with zero attached hydrogens (tertiary/aromatic N) is 3. The van der Waals surface area contributed by atoms with Crippen LogP contribution in [0.1, 0.15) is 16.1 Å². The van der Waals surface area contributed by atoms with E-state index in [0.29, 0.717) is 11.3 Å². The molecule has 15 heavy (non-hydrogen) atoms. The van der Waals surface area contributed by atoms with Gasteiger partial charge in [-0.2, -0.15) is 0 Å². The molecule has 0 atom stereocenters. The van der Waals surface area contributed by atoms with Crippen LogP contribution in [0.5, 0.6) is 0 Å². The highest BCUT2D eigenvalue weighted by Crippen LogP contribution is 2.07. The Morgan fingerprint density at radius 2 is 2.33 bits per heavy atom. The molecule has 2 rings (SSSR count). The van der Waals surface area contributed by atoms with Crippen LogP contribution in [0.15, 0.2) is 37.1 Å². The summed E-state index contributed by atoms with van der Waals surface area (Å²) in [5.74, 6) is -0.246. The minimum atomic E-state index is -0.253. The third-order valence-corrected chi connectivity index (χ3v) is 2.01. The van der Waals surface area contributed by atoms with Gasteiger partial charge in [0.25, 0.3) is 5.91 Å². The van der Waals surface area contributed by atoms with Crippen LogP contribution in [-0.4, -0.2) is 25.5 Å². The van der Waals surface area contributed by atoms with E-state index < -0.39 is 0 Å². The van der Waals surface area contributed by atoms with Crippen molar-refractivity contribution in [2.75, 3.05) is 0 Å². The van der Waals surface area contributed by atoms with E-state index in [9.17, 15) is 4.79 Å². The summed E-state index contributed by atoms with van der Waals surface area (Å²) in [4.78, 5) is 19.6. The lowest BCUT2D eigenvalue weighted by molar-refractivity contribution is 0.0956. The summed E-state index contributed by atoms with van der Waals surface area (Å²) in [7, 11) is 0. The Labute approximate surface area is 86.0 Å². The summed E-state index contributed by atoms with van der Waals surface area (Å²) in [6.45, 7) is -0.253. The van der Waals surface area contributed by atoms with Crippen molar-refractivity contribution in [1.82, 2.24) is 14.5 Å². The molecule has 0 amide bonds. The van der Waals surface area contributed by atoms with E-state index in [4.69, 9.17) is 5.11 Å². The maximum absolute atomic E-state index is 11.9. The minimum Gasteiger partial charge on any atom is -0.390 e. The first-order chi connectivity index (χ1) is 7.33. The second kappa shape index (κ2) is 4.02. The lowest BCUT2D eigenvalue weighted by Gasteiger charge is -2.04. The highest BCUT2D eigenvalue weighted by atomic mass is 16.3. The molecule has 0 bridgehead atoms. The third kappa shape index (κ3) is 1.77. The number of carbonyl (C=O) groups excluding carboxylic acids is 1. The quantitative estimate of drug-likeness (QED) is 0.769. The zero-order valence-corrected chi connectivity index (χ0v) is 7.87. The Kier molecular flexibility index (Phi) is 2.55. The molecule has 5 heteroatoms. The highest BCUT2D eigenvalue weighted by Gasteiger charge is 2.12. The topological polar surface area (TPSA) is 68.0 Å². The maximum Gasteiger partial charge on any atom is 0.265 e. The van der Waals surface area contributed by atoms with Crippen molar-refractivity contribution in [2.24, 2.45) is 0 Å². The highest BCUT2D eigenvalue weighted by molar-refractivity contribution is 5.96. The minimum absolute atomic E-state index is 0.246. The first-order valence-corrected chi connectivity index (χ1v) is 4.40. The largest absolute Gasteiger partial charge is 0.390 e. The van der Waals surface area contributed by atoms with Crippen molar-refractivity contribution in [1.29, 1.82) is 0 Å². The molecule has 0 aliphatic rings. The van der Waals surface area contributed by atoms with Gasteiger partial charge >= 0.3 is 0 Å². The van der Waals surface area contributed by atoms with E-state index in [2.05, 4.69) is 9.97 Å². The average molecular weight is 203 g/mol. The Balaban J connectivity index is 2.42. The van der Waals surface area contributed by atoms with Crippen LogP contribution in [-0.2, 0) is 6.61 Å². The molecule has 0 radical (unpaired) electrons. The van der Waals surface area contributed by atoms with E-state index in [1.54, 1.807) is 18.3 Å². The van der Waals surface area contributed by atoms with Crippen molar-refractivity contribution < 1.29 is 9.90 Å². The van der Waals surface area contributed by atoms with Crippen LogP contribution in [0.4, 0.5) is 0 Å². The van der Waals surface area contributed by atoms with E-state index in [1.165, 1.54) is 23.3 Å². The second-order valence-electron chi connectivity index (χ2n) is 2.93. The summed E-state index contributed by atoms with van der Waals surface area (Å²) in [6, 6.07) is 3.28. The van der Waals surface area contributed by atoms with Crippen LogP contribution >= 0.6 is 0 Å². The van der Waals surface area contributed by atoms with Gasteiger partial charge in [-0.15, -0.1) is 0 Å². The summed E-state index contributed by atoms with van der Waals surface area (Å²) < 4.78 is 1.34. The molecule has 0 spiro atoms. The van der Waals surface area contributed by atoms with Crippen molar-refractivity contribution in [3.8, 4) is 0 Å². The third-order valence-electron chi connectivity index (χ3n) is 2.01. The first-order valence-electron chi connectivity index (χ1n) is 4.40. The van der Waals surface area contributed by atoms with Gasteiger partial charge in [-0.05, 0) is 12.1 Å². The van der Waals surface area contributed by atoms with Crippen LogP contribution < -0.4 is 0 Å². The fourth-order valence-corrected chi connectivity index (χ4v) is 1.28. The molecule has 2 heterocycles. The molecule has 1 N–H and O–H groups in total. The molecule has 0 fully saturated rings. The zero-order valence-electron chi connectivity index (χ0n) is 7.87. The number of pyridine rings is 1. The van der Waals surface area contributed by atoms with Crippen LogP contribution in [0.3, 0.4) is 0 Å². The van der Waals surface area contributed by atoms with Gasteiger partial charge in [-0.25, -0.2) is 4.98 Å². The normalized spacial score (nSPS) is 10.2. The fraction of sp³-hybridized carbons (Fsp3) is 0.100. The summed E-state index contributed by atoms with van der Waals surface area (Å²) in [5.41, 5.74) is 0.759. The Bertz CT molecular complexity index is 465. The van der Waals surface area contributed by atoms with Crippen LogP contribution in [0.25, 0.3) is 0 Å². The average Bonchev–Trinajstić information content (AvgIpc) is 2.81. The molecular formula is C10H9N3O2. The molecule has 5 nitrogen and oxygen atoms in total. The van der Waals surface area contributed by atoms with E-state index in [-0.39, 0.29) is 12.5 Å². The van der Waals surface area contributed by atoms with Gasteiger partial charge in [-0.1, -0.05) is 0 Å². The predicted octanol–water partition coefficient (Wildman–Crippen LogP) is 0.459. The van der Waals surface area contributed by atoms with Crippen molar-refractivity contribution >= 4 is 5.91 Å². The maximum atomic E-state index is 11.9. The van der Waals surface area contributed by atoms with E-state index in [1.807, 2.05) is 0 Å². The van der Waals surface area contributed by atoms with Crippen LogP contribution in [0.2, 0.25) is 0 Å². The zero-order chi connectivity index (χ0) is 10.7. The van der Waals surface area contributed by atoms with Crippen molar-refractivity contribution in [3.63, 3.8) is 0 Å². The molecule has 0 unspecified atom stereocenters. The number of carbonyl (C=O) groups is 1. The SMILES string of the molecule is O=C(c1cccnc1CO)n1ccnc1. The fourth-order valence-electron chi connectivity index (χ4n) is 1.28. The molecule has 2 aromatic heterocycles. The monoisotopic (exact) mass is 203 g/mol. The van der Waals surface area contributed by atoms with Gasteiger partial charge in [0.05, 0.1) is 17.9 Å².